The molecule has 0 aromatic heterocycles. The van der Waals surface area contributed by atoms with E-state index >= 15 is 0 Å². The van der Waals surface area contributed by atoms with E-state index < -0.39 is 11.9 Å². The number of carbonyl (C=O) groups excluding carboxylic acids is 2. The van der Waals surface area contributed by atoms with Gasteiger partial charge in [-0.1, -0.05) is 35.9 Å². The Balaban J connectivity index is 1.40. The van der Waals surface area contributed by atoms with Crippen LogP contribution in [0.1, 0.15) is 20.7 Å². The lowest BCUT2D eigenvalue weighted by Crippen LogP contribution is -2.14. The molecule has 34 heavy (non-hydrogen) atoms. The predicted octanol–water partition coefficient (Wildman–Crippen LogP) is 6.17. The van der Waals surface area contributed by atoms with E-state index in [0.717, 1.165) is 4.90 Å². The second-order valence-electron chi connectivity index (χ2n) is 7.34. The number of rotatable bonds is 7. The van der Waals surface area contributed by atoms with Gasteiger partial charge < -0.3 is 15.7 Å². The minimum absolute atomic E-state index is 0.0758. The van der Waals surface area contributed by atoms with Crippen molar-refractivity contribution in [1.82, 2.24) is 0 Å². The number of benzene rings is 4. The van der Waals surface area contributed by atoms with Crippen LogP contribution in [0.3, 0.4) is 0 Å². The summed E-state index contributed by atoms with van der Waals surface area (Å²) in [5.74, 6) is -1.41. The van der Waals surface area contributed by atoms with Crippen LogP contribution in [0.15, 0.2) is 89.8 Å². The van der Waals surface area contributed by atoms with Crippen LogP contribution in [0.25, 0.3) is 10.8 Å². The Kier molecular flexibility index (Phi) is 7.15. The molecule has 0 aliphatic carbocycles. The molecule has 4 aromatic rings. The molecule has 3 N–H and O–H groups in total. The Hall–Kier alpha value is -3.81. The number of anilines is 2. The number of aromatic carboxylic acids is 1. The van der Waals surface area contributed by atoms with Gasteiger partial charge in [-0.2, -0.15) is 0 Å². The van der Waals surface area contributed by atoms with Crippen molar-refractivity contribution in [3.05, 3.63) is 101 Å². The third-order valence-electron chi connectivity index (χ3n) is 4.99. The number of amides is 2. The maximum absolute atomic E-state index is 12.9. The molecule has 0 aliphatic rings. The van der Waals surface area contributed by atoms with Gasteiger partial charge in [0.1, 0.15) is 0 Å². The van der Waals surface area contributed by atoms with Crippen LogP contribution >= 0.6 is 23.4 Å². The van der Waals surface area contributed by atoms with E-state index in [9.17, 15) is 19.5 Å². The summed E-state index contributed by atoms with van der Waals surface area (Å²) in [6, 6.07) is 24.0. The molecule has 8 heteroatoms. The Morgan fingerprint density at radius 1 is 0.765 bits per heavy atom. The molecule has 2 amide bonds. The lowest BCUT2D eigenvalue weighted by atomic mass is 9.98. The molecule has 4 aromatic carbocycles. The smallest absolute Gasteiger partial charge is 0.336 e. The fraction of sp³-hybridized carbons (Fsp3) is 0.0385. The van der Waals surface area contributed by atoms with Gasteiger partial charge in [-0.25, -0.2) is 4.79 Å². The van der Waals surface area contributed by atoms with Gasteiger partial charge >= 0.3 is 5.97 Å². The number of nitrogens with one attached hydrogen (secondary N) is 2. The van der Waals surface area contributed by atoms with Gasteiger partial charge in [-0.05, 0) is 66.0 Å². The zero-order chi connectivity index (χ0) is 24.1. The molecule has 0 fully saturated rings. The topological polar surface area (TPSA) is 95.5 Å². The molecular weight excluding hydrogens is 472 g/mol. The zero-order valence-corrected chi connectivity index (χ0v) is 19.3. The van der Waals surface area contributed by atoms with Crippen molar-refractivity contribution in [3.63, 3.8) is 0 Å². The van der Waals surface area contributed by atoms with E-state index in [4.69, 9.17) is 11.6 Å². The van der Waals surface area contributed by atoms with Crippen molar-refractivity contribution >= 4 is 63.3 Å². The Morgan fingerprint density at radius 2 is 1.35 bits per heavy atom. The van der Waals surface area contributed by atoms with Crippen LogP contribution in [-0.2, 0) is 4.79 Å². The number of carboxylic acids is 1. The molecule has 0 saturated carbocycles. The first kappa shape index (κ1) is 23.4. The molecule has 0 spiro atoms. The van der Waals surface area contributed by atoms with E-state index in [2.05, 4.69) is 10.6 Å². The molecule has 4 rings (SSSR count). The van der Waals surface area contributed by atoms with Gasteiger partial charge in [0.25, 0.3) is 5.91 Å². The molecule has 0 saturated heterocycles. The van der Waals surface area contributed by atoms with Gasteiger partial charge in [0.05, 0.1) is 11.3 Å². The van der Waals surface area contributed by atoms with Gasteiger partial charge in [0, 0.05) is 32.2 Å². The first-order valence-electron chi connectivity index (χ1n) is 10.3. The maximum atomic E-state index is 12.9. The predicted molar refractivity (Wildman–Crippen MR) is 136 cm³/mol. The SMILES string of the molecule is O=C(CSc1ccc(NC(=O)c2cccc3cccc(C(=O)O)c23)cc1)Nc1ccc(Cl)cc1. The number of hydrogen-bond acceptors (Lipinski definition) is 4. The fourth-order valence-corrected chi connectivity index (χ4v) is 4.24. The first-order chi connectivity index (χ1) is 16.4. The quantitative estimate of drug-likeness (QED) is 0.269. The van der Waals surface area contributed by atoms with E-state index in [1.54, 1.807) is 66.7 Å². The number of halogens is 1. The second kappa shape index (κ2) is 10.4. The third kappa shape index (κ3) is 5.57. The highest BCUT2D eigenvalue weighted by Gasteiger charge is 2.16. The van der Waals surface area contributed by atoms with Crippen LogP contribution in [-0.4, -0.2) is 28.6 Å². The monoisotopic (exact) mass is 490 g/mol. The molecule has 0 radical (unpaired) electrons. The van der Waals surface area contributed by atoms with E-state index in [-0.39, 0.29) is 22.8 Å². The molecule has 6 nitrogen and oxygen atoms in total. The van der Waals surface area contributed by atoms with Crippen molar-refractivity contribution in [2.45, 2.75) is 4.90 Å². The summed E-state index contributed by atoms with van der Waals surface area (Å²) < 4.78 is 0. The summed E-state index contributed by atoms with van der Waals surface area (Å²) >= 11 is 7.21. The van der Waals surface area contributed by atoms with Crippen LogP contribution in [0.5, 0.6) is 0 Å². The highest BCUT2D eigenvalue weighted by atomic mass is 35.5. The van der Waals surface area contributed by atoms with Gasteiger partial charge in [0.15, 0.2) is 0 Å². The Morgan fingerprint density at radius 3 is 2.00 bits per heavy atom. The van der Waals surface area contributed by atoms with E-state index in [1.807, 2.05) is 12.1 Å². The number of carbonyl (C=O) groups is 3. The second-order valence-corrected chi connectivity index (χ2v) is 8.82. The van der Waals surface area contributed by atoms with E-state index in [1.165, 1.54) is 17.8 Å². The first-order valence-corrected chi connectivity index (χ1v) is 11.6. The molecule has 0 aliphatic heterocycles. The zero-order valence-electron chi connectivity index (χ0n) is 17.7. The van der Waals surface area contributed by atoms with Crippen LogP contribution in [0.4, 0.5) is 11.4 Å². The van der Waals surface area contributed by atoms with Gasteiger partial charge in [-0.15, -0.1) is 11.8 Å². The fourth-order valence-electron chi connectivity index (χ4n) is 3.42. The maximum Gasteiger partial charge on any atom is 0.336 e. The largest absolute Gasteiger partial charge is 0.478 e. The summed E-state index contributed by atoms with van der Waals surface area (Å²) in [5, 5.41) is 16.8. The van der Waals surface area contributed by atoms with Crippen LogP contribution in [0.2, 0.25) is 5.02 Å². The van der Waals surface area contributed by atoms with Crippen LogP contribution < -0.4 is 10.6 Å². The van der Waals surface area contributed by atoms with Crippen LogP contribution in [0, 0.1) is 0 Å². The Labute approximate surface area is 204 Å². The Bertz CT molecular complexity index is 1370. The molecule has 0 unspecified atom stereocenters. The van der Waals surface area contributed by atoms with Gasteiger partial charge in [0.2, 0.25) is 5.91 Å². The average molecular weight is 491 g/mol. The molecule has 0 heterocycles. The lowest BCUT2D eigenvalue weighted by Gasteiger charge is -2.11. The van der Waals surface area contributed by atoms with Crippen molar-refractivity contribution in [2.24, 2.45) is 0 Å². The summed E-state index contributed by atoms with van der Waals surface area (Å²) in [6.07, 6.45) is 0. The van der Waals surface area contributed by atoms with Crippen molar-refractivity contribution in [3.8, 4) is 0 Å². The summed E-state index contributed by atoms with van der Waals surface area (Å²) in [5.41, 5.74) is 1.59. The number of hydrogen-bond donors (Lipinski definition) is 3. The molecule has 0 atom stereocenters. The summed E-state index contributed by atoms with van der Waals surface area (Å²) in [4.78, 5) is 37.6. The molecular formula is C26H19ClN2O4S. The minimum atomic E-state index is -1.09. The van der Waals surface area contributed by atoms with Crippen molar-refractivity contribution < 1.29 is 19.5 Å². The molecule has 0 bridgehead atoms. The third-order valence-corrected chi connectivity index (χ3v) is 6.25. The lowest BCUT2D eigenvalue weighted by molar-refractivity contribution is -0.113. The van der Waals surface area contributed by atoms with Crippen molar-refractivity contribution in [1.29, 1.82) is 0 Å². The highest BCUT2D eigenvalue weighted by molar-refractivity contribution is 8.00. The number of carboxylic acid groups (broad SMARTS) is 1. The molecule has 170 valence electrons. The average Bonchev–Trinajstić information content (AvgIpc) is 2.84. The van der Waals surface area contributed by atoms with Crippen molar-refractivity contribution in [2.75, 3.05) is 16.4 Å². The minimum Gasteiger partial charge on any atom is -0.478 e. The normalized spacial score (nSPS) is 10.6. The van der Waals surface area contributed by atoms with E-state index in [0.29, 0.717) is 27.2 Å². The summed E-state index contributed by atoms with van der Waals surface area (Å²) in [6.45, 7) is 0. The summed E-state index contributed by atoms with van der Waals surface area (Å²) in [7, 11) is 0. The van der Waals surface area contributed by atoms with Gasteiger partial charge in [-0.3, -0.25) is 9.59 Å². The number of fused-ring (bicyclic) bond motifs is 1. The number of thioether (sulfide) groups is 1. The standard InChI is InChI=1S/C26H19ClN2O4S/c27-17-7-9-18(10-8-17)28-23(30)15-34-20-13-11-19(12-14-20)29-25(31)21-5-1-3-16-4-2-6-22(24(16)21)26(32)33/h1-14H,15H2,(H,28,30)(H,29,31)(H,32,33). The highest BCUT2D eigenvalue weighted by Crippen LogP contribution is 2.25.